The fourth-order valence-corrected chi connectivity index (χ4v) is 3.87. The molecule has 0 amide bonds. The molecule has 2 unspecified atom stereocenters. The highest BCUT2D eigenvalue weighted by Gasteiger charge is 2.28. The summed E-state index contributed by atoms with van der Waals surface area (Å²) in [4.78, 5) is 0. The van der Waals surface area contributed by atoms with E-state index in [4.69, 9.17) is 4.74 Å². The van der Waals surface area contributed by atoms with Crippen LogP contribution in [0.4, 0.5) is 4.39 Å². The Morgan fingerprint density at radius 3 is 3.00 bits per heavy atom. The van der Waals surface area contributed by atoms with Crippen LogP contribution in [-0.2, 0) is 6.42 Å². The van der Waals surface area contributed by atoms with Crippen LogP contribution in [0.5, 0.6) is 5.75 Å². The number of halogens is 1. The molecule has 0 spiro atoms. The van der Waals surface area contributed by atoms with Gasteiger partial charge in [0.05, 0.1) is 7.11 Å². The molecule has 1 aliphatic rings. The van der Waals surface area contributed by atoms with E-state index in [9.17, 15) is 4.39 Å². The van der Waals surface area contributed by atoms with Crippen molar-refractivity contribution in [2.24, 2.45) is 5.92 Å². The lowest BCUT2D eigenvalue weighted by molar-refractivity contribution is 0.378. The van der Waals surface area contributed by atoms with Crippen molar-refractivity contribution >= 4 is 11.8 Å². The summed E-state index contributed by atoms with van der Waals surface area (Å²) in [5, 5.41) is 3.49. The number of thioether (sulfide) groups is 1. The first-order valence-corrected chi connectivity index (χ1v) is 7.54. The third-order valence-electron chi connectivity index (χ3n) is 3.41. The zero-order valence-corrected chi connectivity index (χ0v) is 11.7. The van der Waals surface area contributed by atoms with Gasteiger partial charge in [-0.2, -0.15) is 11.8 Å². The molecule has 4 heteroatoms. The summed E-state index contributed by atoms with van der Waals surface area (Å²) in [6, 6.07) is 5.90. The summed E-state index contributed by atoms with van der Waals surface area (Å²) in [7, 11) is 1.51. The third-order valence-corrected chi connectivity index (χ3v) is 4.67. The van der Waals surface area contributed by atoms with E-state index in [-0.39, 0.29) is 5.82 Å². The second kappa shape index (κ2) is 6.43. The van der Waals surface area contributed by atoms with E-state index in [1.807, 2.05) is 23.9 Å². The average molecular weight is 269 g/mol. The highest BCUT2D eigenvalue weighted by molar-refractivity contribution is 7.99. The molecule has 0 aliphatic carbocycles. The van der Waals surface area contributed by atoms with E-state index in [0.29, 0.717) is 17.7 Å². The highest BCUT2D eigenvalue weighted by Crippen LogP contribution is 2.30. The minimum absolute atomic E-state index is 0.202. The van der Waals surface area contributed by atoms with Gasteiger partial charge in [0.1, 0.15) is 0 Å². The predicted molar refractivity (Wildman–Crippen MR) is 74.9 cm³/mol. The summed E-state index contributed by atoms with van der Waals surface area (Å²) < 4.78 is 19.1. The van der Waals surface area contributed by atoms with Crippen LogP contribution in [-0.4, -0.2) is 31.2 Å². The first-order chi connectivity index (χ1) is 8.76. The molecular weight excluding hydrogens is 249 g/mol. The van der Waals surface area contributed by atoms with Gasteiger partial charge in [-0.05, 0) is 36.3 Å². The van der Waals surface area contributed by atoms with Gasteiger partial charge in [0.15, 0.2) is 11.6 Å². The minimum atomic E-state index is -0.202. The Kier molecular flexibility index (Phi) is 4.89. The summed E-state index contributed by atoms with van der Waals surface area (Å²) in [5.41, 5.74) is 0.768. The predicted octanol–water partition coefficient (Wildman–Crippen LogP) is 2.72. The molecule has 2 nitrogen and oxygen atoms in total. The summed E-state index contributed by atoms with van der Waals surface area (Å²) in [6.45, 7) is 3.09. The van der Waals surface area contributed by atoms with Gasteiger partial charge < -0.3 is 10.1 Å². The molecule has 0 saturated carbocycles. The molecule has 1 heterocycles. The Labute approximate surface area is 112 Å². The topological polar surface area (TPSA) is 21.3 Å². The second-order valence-electron chi connectivity index (χ2n) is 4.60. The molecule has 1 N–H and O–H groups in total. The van der Waals surface area contributed by atoms with Gasteiger partial charge in [0.2, 0.25) is 0 Å². The van der Waals surface area contributed by atoms with Crippen molar-refractivity contribution in [3.8, 4) is 5.75 Å². The quantitative estimate of drug-likeness (QED) is 0.888. The summed E-state index contributed by atoms with van der Waals surface area (Å²) in [6.07, 6.45) is 0.785. The van der Waals surface area contributed by atoms with E-state index >= 15 is 0 Å². The largest absolute Gasteiger partial charge is 0.494 e. The maximum absolute atomic E-state index is 14.1. The van der Waals surface area contributed by atoms with Crippen molar-refractivity contribution < 1.29 is 9.13 Å². The Hall–Kier alpha value is -0.740. The second-order valence-corrected chi connectivity index (χ2v) is 5.67. The lowest BCUT2D eigenvalue weighted by Crippen LogP contribution is -2.36. The van der Waals surface area contributed by atoms with E-state index in [0.717, 1.165) is 30.0 Å². The molecule has 1 fully saturated rings. The standard InChI is InChI=1S/C14H20FNOS/c1-3-16-12-9-18-8-11(12)7-10-5-4-6-13(17-2)14(10)15/h4-6,11-12,16H,3,7-9H2,1-2H3. The molecule has 1 aromatic rings. The molecule has 1 aliphatic heterocycles. The Balaban J connectivity index is 2.09. The monoisotopic (exact) mass is 269 g/mol. The number of hydrogen-bond donors (Lipinski definition) is 1. The van der Waals surface area contributed by atoms with Crippen molar-refractivity contribution in [3.05, 3.63) is 29.6 Å². The zero-order chi connectivity index (χ0) is 13.0. The number of methoxy groups -OCH3 is 1. The lowest BCUT2D eigenvalue weighted by Gasteiger charge is -2.20. The fourth-order valence-electron chi connectivity index (χ4n) is 2.44. The molecule has 2 atom stereocenters. The van der Waals surface area contributed by atoms with Crippen molar-refractivity contribution in [2.75, 3.05) is 25.2 Å². The summed E-state index contributed by atoms with van der Waals surface area (Å²) in [5.74, 6) is 2.89. The maximum Gasteiger partial charge on any atom is 0.168 e. The SMILES string of the molecule is CCNC1CSCC1Cc1cccc(OC)c1F. The van der Waals surface area contributed by atoms with Crippen LogP contribution in [0.25, 0.3) is 0 Å². The normalized spacial score (nSPS) is 23.3. The molecule has 1 aromatic carbocycles. The minimum Gasteiger partial charge on any atom is -0.494 e. The van der Waals surface area contributed by atoms with Gasteiger partial charge >= 0.3 is 0 Å². The molecule has 0 radical (unpaired) electrons. The van der Waals surface area contributed by atoms with Crippen LogP contribution >= 0.6 is 11.8 Å². The van der Waals surface area contributed by atoms with Crippen molar-refractivity contribution in [2.45, 2.75) is 19.4 Å². The van der Waals surface area contributed by atoms with Gasteiger partial charge in [-0.15, -0.1) is 0 Å². The van der Waals surface area contributed by atoms with Gasteiger partial charge in [-0.25, -0.2) is 4.39 Å². The number of rotatable bonds is 5. The van der Waals surface area contributed by atoms with Crippen LogP contribution < -0.4 is 10.1 Å². The number of nitrogens with one attached hydrogen (secondary N) is 1. The molecule has 18 heavy (non-hydrogen) atoms. The highest BCUT2D eigenvalue weighted by atomic mass is 32.2. The number of hydrogen-bond acceptors (Lipinski definition) is 3. The van der Waals surface area contributed by atoms with Crippen LogP contribution in [0.15, 0.2) is 18.2 Å². The first kappa shape index (κ1) is 13.7. The fraction of sp³-hybridized carbons (Fsp3) is 0.571. The van der Waals surface area contributed by atoms with Crippen LogP contribution in [0.3, 0.4) is 0 Å². The van der Waals surface area contributed by atoms with Gasteiger partial charge in [-0.3, -0.25) is 0 Å². The Morgan fingerprint density at radius 2 is 2.28 bits per heavy atom. The van der Waals surface area contributed by atoms with Crippen molar-refractivity contribution in [3.63, 3.8) is 0 Å². The molecular formula is C14H20FNOS. The van der Waals surface area contributed by atoms with E-state index < -0.39 is 0 Å². The Morgan fingerprint density at radius 1 is 1.44 bits per heavy atom. The molecule has 100 valence electrons. The number of benzene rings is 1. The van der Waals surface area contributed by atoms with E-state index in [2.05, 4.69) is 12.2 Å². The number of ether oxygens (including phenoxy) is 1. The molecule has 2 rings (SSSR count). The summed E-state index contributed by atoms with van der Waals surface area (Å²) >= 11 is 1.95. The van der Waals surface area contributed by atoms with Crippen molar-refractivity contribution in [1.82, 2.24) is 5.32 Å². The van der Waals surface area contributed by atoms with Crippen LogP contribution in [0.2, 0.25) is 0 Å². The van der Waals surface area contributed by atoms with Crippen molar-refractivity contribution in [1.29, 1.82) is 0 Å². The van der Waals surface area contributed by atoms with Gasteiger partial charge in [0.25, 0.3) is 0 Å². The zero-order valence-electron chi connectivity index (χ0n) is 10.9. The smallest absolute Gasteiger partial charge is 0.168 e. The van der Waals surface area contributed by atoms with Crippen LogP contribution in [0.1, 0.15) is 12.5 Å². The molecule has 0 aromatic heterocycles. The van der Waals surface area contributed by atoms with E-state index in [1.165, 1.54) is 7.11 Å². The first-order valence-electron chi connectivity index (χ1n) is 6.38. The Bertz CT molecular complexity index is 399. The van der Waals surface area contributed by atoms with Gasteiger partial charge in [0, 0.05) is 11.8 Å². The molecule has 1 saturated heterocycles. The van der Waals surface area contributed by atoms with E-state index in [1.54, 1.807) is 6.07 Å². The molecule has 0 bridgehead atoms. The van der Waals surface area contributed by atoms with Gasteiger partial charge in [-0.1, -0.05) is 19.1 Å². The third kappa shape index (κ3) is 2.98. The maximum atomic E-state index is 14.1. The average Bonchev–Trinajstić information content (AvgIpc) is 2.80. The lowest BCUT2D eigenvalue weighted by atomic mass is 9.94. The van der Waals surface area contributed by atoms with Crippen LogP contribution in [0, 0.1) is 11.7 Å².